The summed E-state index contributed by atoms with van der Waals surface area (Å²) in [6.07, 6.45) is 2.84. The Morgan fingerprint density at radius 1 is 1.20 bits per heavy atom. The molecule has 0 saturated carbocycles. The summed E-state index contributed by atoms with van der Waals surface area (Å²) in [5.74, 6) is 0. The summed E-state index contributed by atoms with van der Waals surface area (Å²) >= 11 is 0. The zero-order chi connectivity index (χ0) is 15.4. The standard InChI is InChI=1S/C18H28OSi/c1-8-20(6,7)19-14-15(2)13-16-9-11-17(12-10-16)18(3,4)5/h8-12,14H,1,13H2,2-7H3/b15-14+. The third-order valence-corrected chi connectivity index (χ3v) is 5.07. The Hall–Kier alpha value is -1.28. The van der Waals surface area contributed by atoms with Gasteiger partial charge < -0.3 is 4.43 Å². The lowest BCUT2D eigenvalue weighted by molar-refractivity contribution is 0.477. The lowest BCUT2D eigenvalue weighted by Crippen LogP contribution is -2.24. The Kier molecular flexibility index (Phi) is 5.40. The fourth-order valence-electron chi connectivity index (χ4n) is 1.79. The average molecular weight is 289 g/mol. The number of rotatable bonds is 5. The van der Waals surface area contributed by atoms with Gasteiger partial charge in [0.05, 0.1) is 6.26 Å². The van der Waals surface area contributed by atoms with E-state index in [2.05, 4.69) is 71.6 Å². The molecule has 0 unspecified atom stereocenters. The van der Waals surface area contributed by atoms with Crippen LogP contribution in [0.3, 0.4) is 0 Å². The van der Waals surface area contributed by atoms with Gasteiger partial charge in [0.25, 0.3) is 8.32 Å². The molecule has 0 heterocycles. The Balaban J connectivity index is 2.69. The first kappa shape index (κ1) is 16.8. The second-order valence-electron chi connectivity index (χ2n) is 7.01. The fourth-order valence-corrected chi connectivity index (χ4v) is 2.39. The van der Waals surface area contributed by atoms with Crippen LogP contribution in [0.25, 0.3) is 0 Å². The number of benzene rings is 1. The van der Waals surface area contributed by atoms with Crippen LogP contribution in [0.4, 0.5) is 0 Å². The van der Waals surface area contributed by atoms with Crippen LogP contribution in [0.2, 0.25) is 13.1 Å². The molecule has 1 nitrogen and oxygen atoms in total. The summed E-state index contributed by atoms with van der Waals surface area (Å²) in [5, 5.41) is 0. The van der Waals surface area contributed by atoms with Gasteiger partial charge in [0.1, 0.15) is 0 Å². The molecule has 0 atom stereocenters. The SMILES string of the molecule is C=C[Si](C)(C)O/C=C(\C)Cc1ccc(C(C)(C)C)cc1. The van der Waals surface area contributed by atoms with Crippen LogP contribution in [-0.4, -0.2) is 8.32 Å². The molecule has 0 aliphatic carbocycles. The molecule has 1 aromatic carbocycles. The summed E-state index contributed by atoms with van der Waals surface area (Å²) in [6.45, 7) is 16.9. The highest BCUT2D eigenvalue weighted by atomic mass is 28.4. The zero-order valence-corrected chi connectivity index (χ0v) is 14.8. The quantitative estimate of drug-likeness (QED) is 0.522. The molecular weight excluding hydrogens is 260 g/mol. The monoisotopic (exact) mass is 288 g/mol. The lowest BCUT2D eigenvalue weighted by atomic mass is 9.86. The van der Waals surface area contributed by atoms with Gasteiger partial charge in [0, 0.05) is 0 Å². The highest BCUT2D eigenvalue weighted by molar-refractivity contribution is 6.76. The molecular formula is C18H28OSi. The summed E-state index contributed by atoms with van der Waals surface area (Å²) in [6, 6.07) is 8.89. The van der Waals surface area contributed by atoms with Crippen molar-refractivity contribution >= 4 is 8.32 Å². The molecule has 1 rings (SSSR count). The van der Waals surface area contributed by atoms with Gasteiger partial charge in [-0.2, -0.15) is 0 Å². The summed E-state index contributed by atoms with van der Waals surface area (Å²) in [4.78, 5) is 0. The Morgan fingerprint density at radius 3 is 2.20 bits per heavy atom. The van der Waals surface area contributed by atoms with Gasteiger partial charge >= 0.3 is 0 Å². The van der Waals surface area contributed by atoms with Crippen molar-refractivity contribution in [3.05, 3.63) is 59.5 Å². The van der Waals surface area contributed by atoms with E-state index in [0.29, 0.717) is 0 Å². The number of hydrogen-bond donors (Lipinski definition) is 0. The van der Waals surface area contributed by atoms with E-state index in [9.17, 15) is 0 Å². The van der Waals surface area contributed by atoms with Gasteiger partial charge in [-0.3, -0.25) is 0 Å². The molecule has 0 aliphatic rings. The van der Waals surface area contributed by atoms with Gasteiger partial charge in [0.15, 0.2) is 0 Å². The van der Waals surface area contributed by atoms with Crippen molar-refractivity contribution < 1.29 is 4.43 Å². The molecule has 0 amide bonds. The van der Waals surface area contributed by atoms with Crippen LogP contribution in [0.5, 0.6) is 0 Å². The second-order valence-corrected chi connectivity index (χ2v) is 10.9. The maximum Gasteiger partial charge on any atom is 0.268 e. The molecule has 20 heavy (non-hydrogen) atoms. The first-order valence-electron chi connectivity index (χ1n) is 7.20. The maximum atomic E-state index is 5.85. The van der Waals surface area contributed by atoms with Crippen LogP contribution >= 0.6 is 0 Å². The van der Waals surface area contributed by atoms with E-state index in [1.165, 1.54) is 16.7 Å². The van der Waals surface area contributed by atoms with Crippen molar-refractivity contribution in [1.29, 1.82) is 0 Å². The van der Waals surface area contributed by atoms with E-state index >= 15 is 0 Å². The average Bonchev–Trinajstić information content (AvgIpc) is 2.36. The van der Waals surface area contributed by atoms with Crippen LogP contribution in [0, 0.1) is 0 Å². The van der Waals surface area contributed by atoms with Crippen LogP contribution < -0.4 is 0 Å². The minimum absolute atomic E-state index is 0.214. The van der Waals surface area contributed by atoms with Crippen molar-refractivity contribution in [2.24, 2.45) is 0 Å². The van der Waals surface area contributed by atoms with Gasteiger partial charge in [-0.25, -0.2) is 0 Å². The van der Waals surface area contributed by atoms with E-state index in [-0.39, 0.29) is 5.41 Å². The summed E-state index contributed by atoms with van der Waals surface area (Å²) in [7, 11) is -1.70. The van der Waals surface area contributed by atoms with Crippen LogP contribution in [-0.2, 0) is 16.3 Å². The van der Waals surface area contributed by atoms with Gasteiger partial charge in [-0.05, 0) is 48.6 Å². The number of allylic oxidation sites excluding steroid dienone is 1. The minimum atomic E-state index is -1.70. The van der Waals surface area contributed by atoms with E-state index in [1.54, 1.807) is 0 Å². The van der Waals surface area contributed by atoms with Gasteiger partial charge in [-0.1, -0.05) is 50.7 Å². The van der Waals surface area contributed by atoms with Gasteiger partial charge in [-0.15, -0.1) is 6.58 Å². The third kappa shape index (κ3) is 5.38. The topological polar surface area (TPSA) is 9.23 Å². The molecule has 0 aromatic heterocycles. The Labute approximate surface area is 125 Å². The smallest absolute Gasteiger partial charge is 0.268 e. The minimum Gasteiger partial charge on any atom is -0.546 e. The maximum absolute atomic E-state index is 5.85. The summed E-state index contributed by atoms with van der Waals surface area (Å²) in [5.41, 5.74) is 6.12. The van der Waals surface area contributed by atoms with E-state index < -0.39 is 8.32 Å². The Bertz CT molecular complexity index is 475. The highest BCUT2D eigenvalue weighted by Gasteiger charge is 2.17. The zero-order valence-electron chi connectivity index (χ0n) is 13.8. The predicted molar refractivity (Wildman–Crippen MR) is 91.4 cm³/mol. The molecule has 0 fully saturated rings. The first-order valence-corrected chi connectivity index (χ1v) is 10.2. The Morgan fingerprint density at radius 2 is 1.75 bits per heavy atom. The van der Waals surface area contributed by atoms with Crippen molar-refractivity contribution in [3.63, 3.8) is 0 Å². The van der Waals surface area contributed by atoms with Crippen molar-refractivity contribution in [3.8, 4) is 0 Å². The third-order valence-electron chi connectivity index (χ3n) is 3.36. The molecule has 0 radical (unpaired) electrons. The van der Waals surface area contributed by atoms with E-state index in [0.717, 1.165) is 6.42 Å². The molecule has 0 bridgehead atoms. The molecule has 0 aliphatic heterocycles. The first-order chi connectivity index (χ1) is 9.14. The highest BCUT2D eigenvalue weighted by Crippen LogP contribution is 2.22. The lowest BCUT2D eigenvalue weighted by Gasteiger charge is -2.19. The molecule has 110 valence electrons. The van der Waals surface area contributed by atoms with Crippen molar-refractivity contribution in [1.82, 2.24) is 0 Å². The van der Waals surface area contributed by atoms with Crippen LogP contribution in [0.1, 0.15) is 38.8 Å². The summed E-state index contributed by atoms with van der Waals surface area (Å²) < 4.78 is 5.85. The van der Waals surface area contributed by atoms with Gasteiger partial charge in [0.2, 0.25) is 0 Å². The second kappa shape index (κ2) is 6.44. The van der Waals surface area contributed by atoms with E-state index in [4.69, 9.17) is 4.43 Å². The largest absolute Gasteiger partial charge is 0.546 e. The normalized spacial score (nSPS) is 13.2. The molecule has 0 spiro atoms. The molecule has 0 N–H and O–H groups in total. The van der Waals surface area contributed by atoms with Crippen molar-refractivity contribution in [2.75, 3.05) is 0 Å². The van der Waals surface area contributed by atoms with Crippen molar-refractivity contribution in [2.45, 2.75) is 52.6 Å². The van der Waals surface area contributed by atoms with E-state index in [1.807, 2.05) is 12.0 Å². The predicted octanol–water partition coefficient (Wildman–Crippen LogP) is 5.38. The fraction of sp³-hybridized carbons (Fsp3) is 0.444. The molecule has 1 aromatic rings. The van der Waals surface area contributed by atoms with Crippen LogP contribution in [0.15, 0.2) is 48.4 Å². The molecule has 2 heteroatoms. The molecule has 0 saturated heterocycles. The number of hydrogen-bond acceptors (Lipinski definition) is 1.